The summed E-state index contributed by atoms with van der Waals surface area (Å²) in [7, 11) is 0. The van der Waals surface area contributed by atoms with Crippen LogP contribution in [0.4, 0.5) is 0 Å². The first kappa shape index (κ1) is 19.3. The predicted octanol–water partition coefficient (Wildman–Crippen LogP) is 3.69. The van der Waals surface area contributed by atoms with Crippen molar-refractivity contribution in [2.24, 2.45) is 0 Å². The van der Waals surface area contributed by atoms with Crippen LogP contribution in [0.25, 0.3) is 0 Å². The van der Waals surface area contributed by atoms with Crippen LogP contribution < -0.4 is 14.8 Å². The van der Waals surface area contributed by atoms with Crippen LogP contribution in [0, 0.1) is 6.92 Å². The van der Waals surface area contributed by atoms with Crippen molar-refractivity contribution in [2.45, 2.75) is 37.0 Å². The predicted molar refractivity (Wildman–Crippen MR) is 108 cm³/mol. The number of ether oxygens (including phenoxy) is 2. The van der Waals surface area contributed by atoms with Gasteiger partial charge in [-0.1, -0.05) is 53.7 Å². The Hall–Kier alpha value is -3.00. The third kappa shape index (κ3) is 4.71. The Morgan fingerprint density at radius 3 is 2.72 bits per heavy atom. The van der Waals surface area contributed by atoms with Crippen molar-refractivity contribution in [2.75, 3.05) is 6.61 Å². The van der Waals surface area contributed by atoms with Gasteiger partial charge in [0.05, 0.1) is 5.25 Å². The molecule has 0 bridgehead atoms. The first-order valence-electron chi connectivity index (χ1n) is 9.30. The summed E-state index contributed by atoms with van der Waals surface area (Å²) < 4.78 is 17.2. The molecule has 4 rings (SSSR count). The lowest BCUT2D eigenvalue weighted by atomic mass is 10.1. The lowest BCUT2D eigenvalue weighted by molar-refractivity contribution is -0.120. The zero-order valence-corrected chi connectivity index (χ0v) is 16.9. The number of fused-ring (bicyclic) bond motifs is 1. The number of hydrogen-bond donors (Lipinski definition) is 1. The van der Waals surface area contributed by atoms with E-state index in [0.29, 0.717) is 29.2 Å². The maximum atomic E-state index is 12.4. The van der Waals surface area contributed by atoms with Crippen LogP contribution in [0.15, 0.2) is 58.2 Å². The molecule has 1 aromatic heterocycles. The van der Waals surface area contributed by atoms with Crippen LogP contribution in [0.5, 0.6) is 11.5 Å². The van der Waals surface area contributed by atoms with Gasteiger partial charge < -0.3 is 19.2 Å². The quantitative estimate of drug-likeness (QED) is 0.619. The van der Waals surface area contributed by atoms with E-state index in [1.165, 1.54) is 17.3 Å². The minimum Gasteiger partial charge on any atom is -0.485 e. The molecular formula is C21H21N3O4S. The summed E-state index contributed by atoms with van der Waals surface area (Å²) in [5.74, 6) is 1.56. The molecule has 8 heteroatoms. The Kier molecular flexibility index (Phi) is 5.71. The zero-order chi connectivity index (χ0) is 20.2. The molecule has 1 N–H and O–H groups in total. The molecule has 0 unspecified atom stereocenters. The topological polar surface area (TPSA) is 86.5 Å². The van der Waals surface area contributed by atoms with Crippen LogP contribution >= 0.6 is 11.8 Å². The molecule has 150 valence electrons. The van der Waals surface area contributed by atoms with Gasteiger partial charge in [-0.05, 0) is 31.5 Å². The summed E-state index contributed by atoms with van der Waals surface area (Å²) in [6.45, 7) is 4.60. The number of benzene rings is 2. The number of amides is 1. The molecule has 2 heterocycles. The highest BCUT2D eigenvalue weighted by atomic mass is 32.2. The van der Waals surface area contributed by atoms with Crippen molar-refractivity contribution in [3.8, 4) is 11.5 Å². The molecule has 29 heavy (non-hydrogen) atoms. The summed E-state index contributed by atoms with van der Waals surface area (Å²) in [4.78, 5) is 12.4. The molecule has 3 aromatic rings. The van der Waals surface area contributed by atoms with Crippen molar-refractivity contribution >= 4 is 17.7 Å². The van der Waals surface area contributed by atoms with Crippen molar-refractivity contribution in [1.82, 2.24) is 15.5 Å². The number of nitrogens with one attached hydrogen (secondary N) is 1. The number of nitrogens with zero attached hydrogens (tertiary/aromatic N) is 2. The van der Waals surface area contributed by atoms with E-state index in [-0.39, 0.29) is 17.8 Å². The Labute approximate surface area is 172 Å². The highest BCUT2D eigenvalue weighted by Gasteiger charge is 2.28. The zero-order valence-electron chi connectivity index (χ0n) is 16.1. The molecule has 0 aliphatic carbocycles. The maximum absolute atomic E-state index is 12.4. The lowest BCUT2D eigenvalue weighted by Crippen LogP contribution is -2.30. The highest BCUT2D eigenvalue weighted by molar-refractivity contribution is 8.00. The van der Waals surface area contributed by atoms with Crippen molar-refractivity contribution in [3.63, 3.8) is 0 Å². The Bertz CT molecular complexity index is 990. The van der Waals surface area contributed by atoms with Gasteiger partial charge in [0.2, 0.25) is 12.0 Å². The van der Waals surface area contributed by atoms with Gasteiger partial charge in [0, 0.05) is 6.54 Å². The van der Waals surface area contributed by atoms with Crippen LogP contribution in [-0.2, 0) is 11.3 Å². The average molecular weight is 411 g/mol. The number of aromatic nitrogens is 2. The number of carbonyl (C=O) groups excluding carboxylic acids is 1. The van der Waals surface area contributed by atoms with E-state index in [1.54, 1.807) is 6.92 Å². The van der Waals surface area contributed by atoms with E-state index >= 15 is 0 Å². The minimum atomic E-state index is -0.475. The molecule has 0 radical (unpaired) electrons. The van der Waals surface area contributed by atoms with Gasteiger partial charge >= 0.3 is 0 Å². The second-order valence-corrected chi connectivity index (χ2v) is 8.03. The van der Waals surface area contributed by atoms with Crippen LogP contribution in [0.1, 0.15) is 30.0 Å². The standard InChI is InChI=1S/C21H21N3O4S/c1-13-7-9-15(10-8-13)11-22-19(25)14(2)29-21-24-23-20(28-21)18-12-26-16-5-3-4-6-17(16)27-18/h3-10,14,18H,11-12H2,1-2H3,(H,22,25)/t14-,18+/m0/s1. The van der Waals surface area contributed by atoms with Gasteiger partial charge in [0.15, 0.2) is 11.5 Å². The molecule has 0 saturated heterocycles. The van der Waals surface area contributed by atoms with E-state index in [0.717, 1.165) is 5.56 Å². The molecule has 1 amide bonds. The van der Waals surface area contributed by atoms with Crippen molar-refractivity contribution in [1.29, 1.82) is 0 Å². The smallest absolute Gasteiger partial charge is 0.277 e. The second-order valence-electron chi connectivity index (χ2n) is 6.73. The molecule has 1 aliphatic rings. The molecule has 2 atom stereocenters. The van der Waals surface area contributed by atoms with Crippen molar-refractivity contribution < 1.29 is 18.7 Å². The number of thioether (sulfide) groups is 1. The molecule has 0 fully saturated rings. The van der Waals surface area contributed by atoms with Gasteiger partial charge in [-0.25, -0.2) is 0 Å². The first-order valence-corrected chi connectivity index (χ1v) is 10.2. The van der Waals surface area contributed by atoms with E-state index < -0.39 is 6.10 Å². The molecule has 0 spiro atoms. The average Bonchev–Trinajstić information content (AvgIpc) is 3.21. The number of para-hydroxylation sites is 2. The van der Waals surface area contributed by atoms with Crippen molar-refractivity contribution in [3.05, 3.63) is 65.5 Å². The fraction of sp³-hybridized carbons (Fsp3) is 0.286. The van der Waals surface area contributed by atoms with E-state index in [4.69, 9.17) is 13.9 Å². The van der Waals surface area contributed by atoms with Gasteiger partial charge in [-0.3, -0.25) is 4.79 Å². The Morgan fingerprint density at radius 1 is 1.17 bits per heavy atom. The monoisotopic (exact) mass is 411 g/mol. The normalized spacial score (nSPS) is 16.3. The second kappa shape index (κ2) is 8.57. The third-order valence-corrected chi connectivity index (χ3v) is 5.37. The fourth-order valence-corrected chi connectivity index (χ4v) is 3.50. The summed E-state index contributed by atoms with van der Waals surface area (Å²) in [6, 6.07) is 15.5. The summed E-state index contributed by atoms with van der Waals surface area (Å²) >= 11 is 1.21. The maximum Gasteiger partial charge on any atom is 0.277 e. The molecule has 2 aromatic carbocycles. The van der Waals surface area contributed by atoms with Crippen LogP contribution in [-0.4, -0.2) is 28.0 Å². The number of hydrogen-bond acceptors (Lipinski definition) is 7. The van der Waals surface area contributed by atoms with Gasteiger partial charge in [0.1, 0.15) is 6.61 Å². The fourth-order valence-electron chi connectivity index (χ4n) is 2.78. The molecule has 1 aliphatic heterocycles. The molecule has 0 saturated carbocycles. The third-order valence-electron chi connectivity index (χ3n) is 4.44. The first-order chi connectivity index (χ1) is 14.1. The van der Waals surface area contributed by atoms with Gasteiger partial charge in [-0.2, -0.15) is 0 Å². The van der Waals surface area contributed by atoms with Gasteiger partial charge in [-0.15, -0.1) is 10.2 Å². The Morgan fingerprint density at radius 2 is 1.93 bits per heavy atom. The minimum absolute atomic E-state index is 0.0958. The van der Waals surface area contributed by atoms with Crippen LogP contribution in [0.3, 0.4) is 0 Å². The van der Waals surface area contributed by atoms with E-state index in [9.17, 15) is 4.79 Å². The largest absolute Gasteiger partial charge is 0.485 e. The summed E-state index contributed by atoms with van der Waals surface area (Å²) in [6.07, 6.45) is -0.475. The number of rotatable bonds is 6. The lowest BCUT2D eigenvalue weighted by Gasteiger charge is -2.23. The molecular weight excluding hydrogens is 390 g/mol. The Balaban J connectivity index is 1.31. The SMILES string of the molecule is Cc1ccc(CNC(=O)[C@H](C)Sc2nnc([C@H]3COc4ccccc4O3)o2)cc1. The summed E-state index contributed by atoms with van der Waals surface area (Å²) in [5, 5.41) is 10.9. The van der Waals surface area contributed by atoms with E-state index in [2.05, 4.69) is 15.5 Å². The van der Waals surface area contributed by atoms with E-state index in [1.807, 2.05) is 55.5 Å². The molecule has 7 nitrogen and oxygen atoms in total. The van der Waals surface area contributed by atoms with Crippen LogP contribution in [0.2, 0.25) is 0 Å². The van der Waals surface area contributed by atoms with Gasteiger partial charge in [0.25, 0.3) is 11.1 Å². The number of carbonyl (C=O) groups is 1. The summed E-state index contributed by atoms with van der Waals surface area (Å²) in [5.41, 5.74) is 2.24. The highest BCUT2D eigenvalue weighted by Crippen LogP contribution is 2.36. The number of aryl methyl sites for hydroxylation is 1.